The van der Waals surface area contributed by atoms with E-state index in [4.69, 9.17) is 5.73 Å². The molecular weight excluding hydrogens is 214 g/mol. The van der Waals surface area contributed by atoms with E-state index in [0.717, 1.165) is 30.5 Å². The fourth-order valence-corrected chi connectivity index (χ4v) is 2.54. The van der Waals surface area contributed by atoms with Crippen LogP contribution in [0.5, 0.6) is 0 Å². The molecule has 0 spiro atoms. The highest BCUT2D eigenvalue weighted by atomic mass is 15.3. The Hall–Kier alpha value is -1.10. The zero-order chi connectivity index (χ0) is 12.5. The summed E-state index contributed by atoms with van der Waals surface area (Å²) in [6.45, 7) is 2.97. The van der Waals surface area contributed by atoms with Crippen molar-refractivity contribution in [1.82, 2.24) is 15.2 Å². The van der Waals surface area contributed by atoms with Gasteiger partial charge in [-0.15, -0.1) is 5.10 Å². The van der Waals surface area contributed by atoms with E-state index >= 15 is 0 Å². The molecule has 1 heterocycles. The number of nitrogens with two attached hydrogens (primary N) is 1. The minimum atomic E-state index is 0.0216. The van der Waals surface area contributed by atoms with Crippen LogP contribution in [-0.4, -0.2) is 35.8 Å². The van der Waals surface area contributed by atoms with E-state index in [1.54, 1.807) is 0 Å². The largest absolute Gasteiger partial charge is 0.346 e. The Labute approximate surface area is 103 Å². The van der Waals surface area contributed by atoms with Crippen molar-refractivity contribution < 1.29 is 0 Å². The van der Waals surface area contributed by atoms with Crippen molar-refractivity contribution in [2.75, 3.05) is 25.5 Å². The first-order valence-electron chi connectivity index (χ1n) is 6.38. The summed E-state index contributed by atoms with van der Waals surface area (Å²) in [5, 5.41) is 7.32. The third-order valence-electron chi connectivity index (χ3n) is 4.00. The summed E-state index contributed by atoms with van der Waals surface area (Å²) in [6, 6.07) is 0. The average Bonchev–Trinajstić information content (AvgIpc) is 2.81. The summed E-state index contributed by atoms with van der Waals surface area (Å²) in [6.07, 6.45) is 4.70. The maximum atomic E-state index is 6.00. The van der Waals surface area contributed by atoms with Crippen LogP contribution in [0.2, 0.25) is 0 Å². The highest BCUT2D eigenvalue weighted by Crippen LogP contribution is 2.39. The molecule has 3 N–H and O–H groups in total. The first-order chi connectivity index (χ1) is 8.07. The van der Waals surface area contributed by atoms with Crippen LogP contribution < -0.4 is 10.6 Å². The SMILES string of the molecule is CC1CCC(CN)(c2nc(N(C)C)n[nH]2)CC1. The number of anilines is 1. The predicted octanol–water partition coefficient (Wildman–Crippen LogP) is 1.28. The standard InChI is InChI=1S/C12H23N5/c1-9-4-6-12(8-13,7-5-9)10-14-11(16-15-10)17(2)3/h9H,4-8,13H2,1-3H3,(H,14,15,16). The van der Waals surface area contributed by atoms with Gasteiger partial charge in [0.05, 0.1) is 0 Å². The molecule has 0 atom stereocenters. The van der Waals surface area contributed by atoms with Gasteiger partial charge in [-0.1, -0.05) is 6.92 Å². The van der Waals surface area contributed by atoms with Gasteiger partial charge in [0.15, 0.2) is 0 Å². The number of aromatic amines is 1. The Morgan fingerprint density at radius 1 is 1.41 bits per heavy atom. The first kappa shape index (κ1) is 12.4. The van der Waals surface area contributed by atoms with E-state index in [1.165, 1.54) is 12.8 Å². The Bertz CT molecular complexity index is 363. The zero-order valence-electron chi connectivity index (χ0n) is 11.0. The van der Waals surface area contributed by atoms with Gasteiger partial charge in [0.2, 0.25) is 5.95 Å². The quantitative estimate of drug-likeness (QED) is 0.830. The number of aromatic nitrogens is 3. The van der Waals surface area contributed by atoms with E-state index in [2.05, 4.69) is 22.1 Å². The van der Waals surface area contributed by atoms with Crippen molar-refractivity contribution in [3.05, 3.63) is 5.82 Å². The minimum Gasteiger partial charge on any atom is -0.346 e. The van der Waals surface area contributed by atoms with Crippen molar-refractivity contribution in [2.24, 2.45) is 11.7 Å². The Morgan fingerprint density at radius 2 is 2.06 bits per heavy atom. The summed E-state index contributed by atoms with van der Waals surface area (Å²) in [5.74, 6) is 2.52. The van der Waals surface area contributed by atoms with Gasteiger partial charge in [0.25, 0.3) is 0 Å². The third kappa shape index (κ3) is 2.29. The second kappa shape index (κ2) is 4.64. The van der Waals surface area contributed by atoms with Crippen LogP contribution in [0, 0.1) is 5.92 Å². The van der Waals surface area contributed by atoms with Crippen LogP contribution >= 0.6 is 0 Å². The molecule has 96 valence electrons. The van der Waals surface area contributed by atoms with Crippen molar-refractivity contribution >= 4 is 5.95 Å². The molecule has 5 heteroatoms. The monoisotopic (exact) mass is 237 g/mol. The average molecular weight is 237 g/mol. The van der Waals surface area contributed by atoms with Gasteiger partial charge in [-0.2, -0.15) is 4.98 Å². The Kier molecular flexibility index (Phi) is 3.38. The van der Waals surface area contributed by atoms with Gasteiger partial charge in [-0.3, -0.25) is 5.10 Å². The van der Waals surface area contributed by atoms with Crippen molar-refractivity contribution in [3.8, 4) is 0 Å². The van der Waals surface area contributed by atoms with Gasteiger partial charge in [-0.05, 0) is 31.6 Å². The van der Waals surface area contributed by atoms with Crippen LogP contribution in [0.25, 0.3) is 0 Å². The summed E-state index contributed by atoms with van der Waals surface area (Å²) >= 11 is 0. The molecule has 2 rings (SSSR count). The van der Waals surface area contributed by atoms with Crippen LogP contribution in [0.4, 0.5) is 5.95 Å². The summed E-state index contributed by atoms with van der Waals surface area (Å²) in [7, 11) is 3.90. The lowest BCUT2D eigenvalue weighted by Gasteiger charge is -2.36. The van der Waals surface area contributed by atoms with Gasteiger partial charge >= 0.3 is 0 Å². The lowest BCUT2D eigenvalue weighted by Crippen LogP contribution is -2.39. The topological polar surface area (TPSA) is 70.8 Å². The van der Waals surface area contributed by atoms with Crippen LogP contribution in [0.1, 0.15) is 38.4 Å². The van der Waals surface area contributed by atoms with E-state index in [1.807, 2.05) is 19.0 Å². The molecule has 1 aliphatic carbocycles. The van der Waals surface area contributed by atoms with E-state index in [0.29, 0.717) is 6.54 Å². The molecule has 0 saturated heterocycles. The molecule has 1 aromatic rings. The highest BCUT2D eigenvalue weighted by Gasteiger charge is 2.37. The number of hydrogen-bond acceptors (Lipinski definition) is 4. The van der Waals surface area contributed by atoms with Gasteiger partial charge in [0.1, 0.15) is 5.82 Å². The molecule has 1 aromatic heterocycles. The van der Waals surface area contributed by atoms with Gasteiger partial charge < -0.3 is 10.6 Å². The molecule has 0 aliphatic heterocycles. The molecule has 0 bridgehead atoms. The maximum absolute atomic E-state index is 6.00. The molecule has 0 unspecified atom stereocenters. The molecule has 0 aromatic carbocycles. The molecule has 0 radical (unpaired) electrons. The smallest absolute Gasteiger partial charge is 0.244 e. The molecule has 5 nitrogen and oxygen atoms in total. The molecule has 1 fully saturated rings. The fraction of sp³-hybridized carbons (Fsp3) is 0.833. The molecule has 1 saturated carbocycles. The first-order valence-corrected chi connectivity index (χ1v) is 6.38. The van der Waals surface area contributed by atoms with Crippen LogP contribution in [0.3, 0.4) is 0 Å². The number of rotatable bonds is 3. The zero-order valence-corrected chi connectivity index (χ0v) is 11.0. The number of hydrogen-bond donors (Lipinski definition) is 2. The van der Waals surface area contributed by atoms with E-state index < -0.39 is 0 Å². The lowest BCUT2D eigenvalue weighted by atomic mass is 9.70. The fourth-order valence-electron chi connectivity index (χ4n) is 2.54. The van der Waals surface area contributed by atoms with E-state index in [9.17, 15) is 0 Å². The van der Waals surface area contributed by atoms with Gasteiger partial charge in [-0.25, -0.2) is 0 Å². The highest BCUT2D eigenvalue weighted by molar-refractivity contribution is 5.27. The van der Waals surface area contributed by atoms with Crippen molar-refractivity contribution in [3.63, 3.8) is 0 Å². The minimum absolute atomic E-state index is 0.0216. The van der Waals surface area contributed by atoms with Crippen LogP contribution in [0.15, 0.2) is 0 Å². The predicted molar refractivity (Wildman–Crippen MR) is 69.1 cm³/mol. The van der Waals surface area contributed by atoms with E-state index in [-0.39, 0.29) is 5.41 Å². The summed E-state index contributed by atoms with van der Waals surface area (Å²) in [5.41, 5.74) is 6.02. The number of nitrogens with zero attached hydrogens (tertiary/aromatic N) is 3. The summed E-state index contributed by atoms with van der Waals surface area (Å²) < 4.78 is 0. The molecule has 0 amide bonds. The Balaban J connectivity index is 2.22. The Morgan fingerprint density at radius 3 is 2.53 bits per heavy atom. The molecule has 1 aliphatic rings. The third-order valence-corrected chi connectivity index (χ3v) is 4.00. The second-order valence-corrected chi connectivity index (χ2v) is 5.55. The number of nitrogens with one attached hydrogen (secondary N) is 1. The number of H-pyrrole nitrogens is 1. The van der Waals surface area contributed by atoms with Gasteiger partial charge in [0, 0.05) is 26.1 Å². The van der Waals surface area contributed by atoms with Crippen molar-refractivity contribution in [1.29, 1.82) is 0 Å². The lowest BCUT2D eigenvalue weighted by molar-refractivity contribution is 0.237. The normalized spacial score (nSPS) is 29.3. The second-order valence-electron chi connectivity index (χ2n) is 5.55. The maximum Gasteiger partial charge on any atom is 0.244 e. The summed E-state index contributed by atoms with van der Waals surface area (Å²) in [4.78, 5) is 6.49. The van der Waals surface area contributed by atoms with Crippen LogP contribution in [-0.2, 0) is 5.41 Å². The van der Waals surface area contributed by atoms with Crippen molar-refractivity contribution in [2.45, 2.75) is 38.0 Å². The molecule has 17 heavy (non-hydrogen) atoms. The molecular formula is C12H23N5.